The highest BCUT2D eigenvalue weighted by atomic mass is 16.6. The lowest BCUT2D eigenvalue weighted by Crippen LogP contribution is -2.25. The van der Waals surface area contributed by atoms with Gasteiger partial charge < -0.3 is 15.8 Å². The third-order valence-electron chi connectivity index (χ3n) is 4.67. The summed E-state index contributed by atoms with van der Waals surface area (Å²) in [6.07, 6.45) is 0. The molecule has 3 N–H and O–H groups in total. The van der Waals surface area contributed by atoms with Crippen LogP contribution in [0.3, 0.4) is 0 Å². The number of nitrogens with two attached hydrogens (primary N) is 1. The Hall–Kier alpha value is -3.71. The molecule has 0 spiro atoms. The fraction of sp³-hybridized carbons (Fsp3) is 0.174. The van der Waals surface area contributed by atoms with E-state index in [0.29, 0.717) is 18.8 Å². The Kier molecular flexibility index (Phi) is 6.77. The highest BCUT2D eigenvalue weighted by Crippen LogP contribution is 2.27. The van der Waals surface area contributed by atoms with E-state index in [9.17, 15) is 14.9 Å². The van der Waals surface area contributed by atoms with Gasteiger partial charge in [-0.3, -0.25) is 14.9 Å². The number of benzene rings is 3. The number of anilines is 1. The number of hydrogen-bond acceptors (Lipinski definition) is 5. The summed E-state index contributed by atoms with van der Waals surface area (Å²) in [6, 6.07) is 20.4. The second-order valence-electron chi connectivity index (χ2n) is 6.93. The summed E-state index contributed by atoms with van der Waals surface area (Å²) >= 11 is 0. The average molecular weight is 405 g/mol. The SMILES string of the molecule is Cc1cc(C(=O)NCc2ccccc2COCc2ccccc2)c(N)c([N+](=O)[O-])c1. The van der Waals surface area contributed by atoms with Gasteiger partial charge in [0.05, 0.1) is 23.7 Å². The van der Waals surface area contributed by atoms with Crippen LogP contribution in [0.5, 0.6) is 0 Å². The maximum Gasteiger partial charge on any atom is 0.293 e. The van der Waals surface area contributed by atoms with Crippen LogP contribution in [0.1, 0.15) is 32.6 Å². The molecule has 0 radical (unpaired) electrons. The molecule has 3 rings (SSSR count). The van der Waals surface area contributed by atoms with Crippen molar-refractivity contribution in [2.45, 2.75) is 26.7 Å². The van der Waals surface area contributed by atoms with E-state index in [2.05, 4.69) is 5.32 Å². The molecule has 0 aliphatic carbocycles. The standard InChI is InChI=1S/C23H23N3O4/c1-16-11-20(22(24)21(12-16)26(28)29)23(27)25-13-18-9-5-6-10-19(18)15-30-14-17-7-3-2-4-8-17/h2-12H,13-15,24H2,1H3,(H,25,27). The molecule has 0 aliphatic heterocycles. The fourth-order valence-electron chi connectivity index (χ4n) is 3.11. The zero-order chi connectivity index (χ0) is 21.5. The van der Waals surface area contributed by atoms with Crippen molar-refractivity contribution >= 4 is 17.3 Å². The van der Waals surface area contributed by atoms with Gasteiger partial charge >= 0.3 is 0 Å². The molecular formula is C23H23N3O4. The predicted molar refractivity (Wildman–Crippen MR) is 115 cm³/mol. The Labute approximate surface area is 174 Å². The Bertz CT molecular complexity index is 1050. The van der Waals surface area contributed by atoms with Crippen LogP contribution in [0, 0.1) is 17.0 Å². The maximum atomic E-state index is 12.6. The number of carbonyl (C=O) groups is 1. The third kappa shape index (κ3) is 5.21. The van der Waals surface area contributed by atoms with Crippen LogP contribution in [-0.2, 0) is 24.5 Å². The van der Waals surface area contributed by atoms with Gasteiger partial charge in [0.25, 0.3) is 11.6 Å². The summed E-state index contributed by atoms with van der Waals surface area (Å²) < 4.78 is 5.81. The van der Waals surface area contributed by atoms with Crippen LogP contribution in [0.25, 0.3) is 0 Å². The molecule has 0 saturated heterocycles. The van der Waals surface area contributed by atoms with Crippen LogP contribution in [0.2, 0.25) is 0 Å². The largest absolute Gasteiger partial charge is 0.393 e. The normalized spacial score (nSPS) is 10.6. The number of hydrogen-bond donors (Lipinski definition) is 2. The first-order valence-corrected chi connectivity index (χ1v) is 9.47. The summed E-state index contributed by atoms with van der Waals surface area (Å²) in [6.45, 7) is 2.83. The van der Waals surface area contributed by atoms with E-state index in [1.807, 2.05) is 54.6 Å². The molecule has 0 unspecified atom stereocenters. The van der Waals surface area contributed by atoms with Gasteiger partial charge in [-0.15, -0.1) is 0 Å². The fourth-order valence-corrected chi connectivity index (χ4v) is 3.11. The van der Waals surface area contributed by atoms with E-state index in [-0.39, 0.29) is 23.5 Å². The number of aryl methyl sites for hydroxylation is 1. The predicted octanol–water partition coefficient (Wildman–Crippen LogP) is 4.13. The molecule has 3 aromatic carbocycles. The van der Waals surface area contributed by atoms with Gasteiger partial charge in [0.1, 0.15) is 5.69 Å². The van der Waals surface area contributed by atoms with E-state index in [1.165, 1.54) is 6.07 Å². The van der Waals surface area contributed by atoms with E-state index in [1.54, 1.807) is 13.0 Å². The molecule has 30 heavy (non-hydrogen) atoms. The minimum Gasteiger partial charge on any atom is -0.393 e. The molecule has 7 heteroatoms. The van der Waals surface area contributed by atoms with Gasteiger partial charge in [-0.2, -0.15) is 0 Å². The highest BCUT2D eigenvalue weighted by molar-refractivity contribution is 6.01. The van der Waals surface area contributed by atoms with Gasteiger partial charge in [0.15, 0.2) is 0 Å². The number of nitro benzene ring substituents is 1. The van der Waals surface area contributed by atoms with Crippen LogP contribution < -0.4 is 11.1 Å². The molecule has 0 fully saturated rings. The Morgan fingerprint density at radius 3 is 2.40 bits per heavy atom. The molecule has 7 nitrogen and oxygen atoms in total. The van der Waals surface area contributed by atoms with Crippen LogP contribution >= 0.6 is 0 Å². The first-order chi connectivity index (χ1) is 14.5. The number of nitrogens with zero attached hydrogens (tertiary/aromatic N) is 1. The third-order valence-corrected chi connectivity index (χ3v) is 4.67. The van der Waals surface area contributed by atoms with Crippen LogP contribution in [0.15, 0.2) is 66.7 Å². The summed E-state index contributed by atoms with van der Waals surface area (Å²) in [5.74, 6) is -0.459. The van der Waals surface area contributed by atoms with Gasteiger partial charge in [0.2, 0.25) is 0 Å². The van der Waals surface area contributed by atoms with Crippen molar-refractivity contribution in [3.63, 3.8) is 0 Å². The first-order valence-electron chi connectivity index (χ1n) is 9.47. The van der Waals surface area contributed by atoms with Crippen molar-refractivity contribution in [3.8, 4) is 0 Å². The summed E-state index contributed by atoms with van der Waals surface area (Å²) in [5.41, 5.74) is 9.08. The average Bonchev–Trinajstić information content (AvgIpc) is 2.74. The molecule has 0 atom stereocenters. The van der Waals surface area contributed by atoms with E-state index in [4.69, 9.17) is 10.5 Å². The zero-order valence-corrected chi connectivity index (χ0v) is 16.6. The van der Waals surface area contributed by atoms with Crippen LogP contribution in [-0.4, -0.2) is 10.8 Å². The van der Waals surface area contributed by atoms with Crippen molar-refractivity contribution in [1.29, 1.82) is 0 Å². The highest BCUT2D eigenvalue weighted by Gasteiger charge is 2.20. The molecule has 0 heterocycles. The quantitative estimate of drug-likeness (QED) is 0.333. The molecule has 0 bridgehead atoms. The molecule has 0 saturated carbocycles. The van der Waals surface area contributed by atoms with E-state index in [0.717, 1.165) is 16.7 Å². The van der Waals surface area contributed by atoms with Crippen molar-refractivity contribution < 1.29 is 14.5 Å². The van der Waals surface area contributed by atoms with Crippen molar-refractivity contribution in [2.75, 3.05) is 5.73 Å². The number of ether oxygens (including phenoxy) is 1. The van der Waals surface area contributed by atoms with Crippen molar-refractivity contribution in [2.24, 2.45) is 0 Å². The molecular weight excluding hydrogens is 382 g/mol. The Balaban J connectivity index is 1.66. The molecule has 154 valence electrons. The smallest absolute Gasteiger partial charge is 0.293 e. The Morgan fingerprint density at radius 1 is 1.03 bits per heavy atom. The Morgan fingerprint density at radius 2 is 1.70 bits per heavy atom. The van der Waals surface area contributed by atoms with Crippen molar-refractivity contribution in [3.05, 3.63) is 105 Å². The number of nitro groups is 1. The number of carbonyl (C=O) groups excluding carboxylic acids is 1. The lowest BCUT2D eigenvalue weighted by Gasteiger charge is -2.13. The summed E-state index contributed by atoms with van der Waals surface area (Å²) in [7, 11) is 0. The number of nitrogen functional groups attached to an aromatic ring is 1. The summed E-state index contributed by atoms with van der Waals surface area (Å²) in [4.78, 5) is 23.2. The van der Waals surface area contributed by atoms with E-state index >= 15 is 0 Å². The number of rotatable bonds is 8. The minimum absolute atomic E-state index is 0.0968. The molecule has 1 amide bonds. The monoisotopic (exact) mass is 405 g/mol. The second-order valence-corrected chi connectivity index (χ2v) is 6.93. The van der Waals surface area contributed by atoms with Gasteiger partial charge in [-0.1, -0.05) is 54.6 Å². The van der Waals surface area contributed by atoms with E-state index < -0.39 is 10.8 Å². The van der Waals surface area contributed by atoms with Crippen molar-refractivity contribution in [1.82, 2.24) is 5.32 Å². The topological polar surface area (TPSA) is 107 Å². The maximum absolute atomic E-state index is 12.6. The second kappa shape index (κ2) is 9.67. The van der Waals surface area contributed by atoms with Gasteiger partial charge in [-0.25, -0.2) is 0 Å². The lowest BCUT2D eigenvalue weighted by molar-refractivity contribution is -0.384. The molecule has 3 aromatic rings. The zero-order valence-electron chi connectivity index (χ0n) is 16.6. The lowest BCUT2D eigenvalue weighted by atomic mass is 10.1. The van der Waals surface area contributed by atoms with Gasteiger partial charge in [-0.05, 0) is 35.2 Å². The molecule has 0 aliphatic rings. The van der Waals surface area contributed by atoms with Crippen LogP contribution in [0.4, 0.5) is 11.4 Å². The minimum atomic E-state index is -0.585. The number of nitrogens with one attached hydrogen (secondary N) is 1. The molecule has 0 aromatic heterocycles. The first kappa shape index (κ1) is 21.0. The number of amides is 1. The summed E-state index contributed by atoms with van der Waals surface area (Å²) in [5, 5.41) is 14.0. The van der Waals surface area contributed by atoms with Gasteiger partial charge in [0, 0.05) is 12.6 Å².